The van der Waals surface area contributed by atoms with Crippen molar-refractivity contribution in [3.05, 3.63) is 51.1 Å². The minimum Gasteiger partial charge on any atom is -0.482 e. The number of imidazole rings is 1. The molecule has 204 valence electrons. The lowest BCUT2D eigenvalue weighted by molar-refractivity contribution is -0.135. The molecule has 3 aromatic heterocycles. The van der Waals surface area contributed by atoms with Crippen molar-refractivity contribution >= 4 is 33.8 Å². The molecule has 1 unspecified atom stereocenters. The zero-order chi connectivity index (χ0) is 26.4. The number of thiazole rings is 1. The van der Waals surface area contributed by atoms with E-state index in [0.717, 1.165) is 65.7 Å². The molecule has 38 heavy (non-hydrogen) atoms. The molecule has 3 aromatic rings. The van der Waals surface area contributed by atoms with Gasteiger partial charge in [-0.1, -0.05) is 6.92 Å². The van der Waals surface area contributed by atoms with Crippen LogP contribution in [0.1, 0.15) is 65.0 Å². The van der Waals surface area contributed by atoms with E-state index in [4.69, 9.17) is 9.72 Å². The fourth-order valence-corrected chi connectivity index (χ4v) is 8.22. The largest absolute Gasteiger partial charge is 0.482 e. The highest BCUT2D eigenvalue weighted by Crippen LogP contribution is 2.50. The molecule has 3 aliphatic rings. The van der Waals surface area contributed by atoms with Crippen LogP contribution in [-0.2, 0) is 30.6 Å². The second-order valence-electron chi connectivity index (χ2n) is 10.0. The van der Waals surface area contributed by atoms with Gasteiger partial charge in [-0.2, -0.15) is 0 Å². The van der Waals surface area contributed by atoms with Gasteiger partial charge in [-0.25, -0.2) is 15.0 Å². The third-order valence-electron chi connectivity index (χ3n) is 7.57. The van der Waals surface area contributed by atoms with E-state index in [2.05, 4.69) is 14.5 Å². The normalized spacial score (nSPS) is 21.2. The van der Waals surface area contributed by atoms with Crippen LogP contribution in [0.3, 0.4) is 0 Å². The summed E-state index contributed by atoms with van der Waals surface area (Å²) in [6.45, 7) is 5.94. The van der Waals surface area contributed by atoms with Crippen LogP contribution in [0.5, 0.6) is 5.75 Å². The van der Waals surface area contributed by atoms with E-state index in [0.29, 0.717) is 42.5 Å². The van der Waals surface area contributed by atoms with E-state index in [-0.39, 0.29) is 18.6 Å². The van der Waals surface area contributed by atoms with Gasteiger partial charge in [-0.15, -0.1) is 22.1 Å². The summed E-state index contributed by atoms with van der Waals surface area (Å²) in [5, 5.41) is 0.975. The average molecular weight is 559 g/mol. The summed E-state index contributed by atoms with van der Waals surface area (Å²) in [5.41, 5.74) is 2.93. The van der Waals surface area contributed by atoms with Crippen LogP contribution in [0.15, 0.2) is 18.3 Å². The quantitative estimate of drug-likeness (QED) is 0.458. The first-order valence-corrected chi connectivity index (χ1v) is 15.8. The molecule has 1 atom stereocenters. The second kappa shape index (κ2) is 10.1. The van der Waals surface area contributed by atoms with Gasteiger partial charge in [0.15, 0.2) is 6.61 Å². The molecular weight excluding hydrogens is 524 g/mol. The van der Waals surface area contributed by atoms with E-state index in [1.54, 1.807) is 27.8 Å². The molecule has 3 aliphatic heterocycles. The van der Waals surface area contributed by atoms with Crippen molar-refractivity contribution in [1.29, 1.82) is 0 Å². The Morgan fingerprint density at radius 3 is 2.76 bits per heavy atom. The van der Waals surface area contributed by atoms with Crippen LogP contribution < -0.4 is 9.04 Å². The highest BCUT2D eigenvalue weighted by Gasteiger charge is 2.38. The third kappa shape index (κ3) is 4.57. The standard InChI is InChI=1S/C26H34N6O4S2/c1-3-18-20(8-9-23(28-18)32-12-6-14-38(32,34)35)36-16-24(33)31-13-10-19-25(26(31)21-15-27-17(2)37-21)30-11-5-4-7-22(30)29-19/h8-9,15,26,34-35H,3-7,10-14,16H2,1-2H3. The number of aromatic nitrogens is 4. The fraction of sp³-hybridized carbons (Fsp3) is 0.538. The first-order valence-electron chi connectivity index (χ1n) is 13.3. The molecule has 6 rings (SSSR count). The molecule has 0 aliphatic carbocycles. The Labute approximate surface area is 228 Å². The van der Waals surface area contributed by atoms with Crippen LogP contribution in [0.25, 0.3) is 0 Å². The predicted molar refractivity (Wildman–Crippen MR) is 148 cm³/mol. The number of hydrogen-bond acceptors (Lipinski definition) is 9. The van der Waals surface area contributed by atoms with Crippen molar-refractivity contribution in [1.82, 2.24) is 24.4 Å². The van der Waals surface area contributed by atoms with Crippen molar-refractivity contribution in [2.45, 2.75) is 65.0 Å². The first kappa shape index (κ1) is 25.6. The minimum absolute atomic E-state index is 0.0853. The molecule has 0 spiro atoms. The Balaban J connectivity index is 1.24. The molecular formula is C26H34N6O4S2. The Hall–Kier alpha value is -2.67. The summed E-state index contributed by atoms with van der Waals surface area (Å²) in [6, 6.07) is 3.31. The fourth-order valence-electron chi connectivity index (χ4n) is 5.76. The number of ether oxygens (including phenoxy) is 1. The third-order valence-corrected chi connectivity index (χ3v) is 10.5. The number of aryl methyl sites for hydroxylation is 3. The summed E-state index contributed by atoms with van der Waals surface area (Å²) in [6.07, 6.45) is 7.20. The monoisotopic (exact) mass is 558 g/mol. The van der Waals surface area contributed by atoms with E-state index in [1.165, 1.54) is 0 Å². The SMILES string of the molecule is CCc1nc(N2CCCS2(O)O)ccc1OCC(=O)N1CCc2nc3n(c2C1c1cnc(C)s1)CCCC3. The van der Waals surface area contributed by atoms with E-state index in [1.807, 2.05) is 24.9 Å². The molecule has 2 N–H and O–H groups in total. The number of nitrogens with zero attached hydrogens (tertiary/aromatic N) is 6. The number of carbonyl (C=O) groups excluding carboxylic acids is 1. The molecule has 0 radical (unpaired) electrons. The Morgan fingerprint density at radius 2 is 2.03 bits per heavy atom. The second-order valence-corrected chi connectivity index (χ2v) is 13.4. The number of fused-ring (bicyclic) bond motifs is 3. The predicted octanol–water partition coefficient (Wildman–Crippen LogP) is 4.37. The zero-order valence-electron chi connectivity index (χ0n) is 21.8. The molecule has 1 amide bonds. The number of anilines is 1. The van der Waals surface area contributed by atoms with Crippen LogP contribution in [0.4, 0.5) is 5.82 Å². The van der Waals surface area contributed by atoms with Crippen LogP contribution in [0, 0.1) is 6.92 Å². The topological polar surface area (TPSA) is 117 Å². The van der Waals surface area contributed by atoms with E-state index < -0.39 is 10.8 Å². The van der Waals surface area contributed by atoms with Gasteiger partial charge in [0.05, 0.1) is 32.7 Å². The zero-order valence-corrected chi connectivity index (χ0v) is 23.4. The minimum atomic E-state index is -2.82. The number of amides is 1. The maximum absolute atomic E-state index is 13.7. The lowest BCUT2D eigenvalue weighted by Gasteiger charge is -2.37. The average Bonchev–Trinajstić information content (AvgIpc) is 3.62. The molecule has 12 heteroatoms. The number of rotatable bonds is 6. The van der Waals surface area contributed by atoms with Crippen LogP contribution >= 0.6 is 22.1 Å². The first-order chi connectivity index (χ1) is 18.4. The highest BCUT2D eigenvalue weighted by molar-refractivity contribution is 8.25. The molecule has 0 aromatic carbocycles. The van der Waals surface area contributed by atoms with Crippen LogP contribution in [-0.4, -0.2) is 64.9 Å². The van der Waals surface area contributed by atoms with Crippen LogP contribution in [0.2, 0.25) is 0 Å². The van der Waals surface area contributed by atoms with Gasteiger partial charge in [-0.05, 0) is 44.7 Å². The molecule has 1 saturated heterocycles. The van der Waals surface area contributed by atoms with Crippen molar-refractivity contribution in [2.75, 3.05) is 29.8 Å². The molecule has 0 bridgehead atoms. The van der Waals surface area contributed by atoms with E-state index >= 15 is 0 Å². The Bertz CT molecular complexity index is 1360. The van der Waals surface area contributed by atoms with Gasteiger partial charge >= 0.3 is 0 Å². The van der Waals surface area contributed by atoms with Gasteiger partial charge < -0.3 is 14.2 Å². The molecule has 1 fully saturated rings. The lowest BCUT2D eigenvalue weighted by atomic mass is 10.0. The number of pyridine rings is 1. The summed E-state index contributed by atoms with van der Waals surface area (Å²) in [5.74, 6) is 2.49. The Morgan fingerprint density at radius 1 is 1.16 bits per heavy atom. The molecule has 6 heterocycles. The summed E-state index contributed by atoms with van der Waals surface area (Å²) < 4.78 is 30.7. The van der Waals surface area contributed by atoms with Gasteiger partial charge in [0.25, 0.3) is 5.91 Å². The highest BCUT2D eigenvalue weighted by atomic mass is 32.3. The molecule has 10 nitrogen and oxygen atoms in total. The Kier molecular flexibility index (Phi) is 6.83. The number of carbonyl (C=O) groups is 1. The number of hydrogen-bond donors (Lipinski definition) is 2. The van der Waals surface area contributed by atoms with Crippen molar-refractivity contribution in [2.24, 2.45) is 0 Å². The maximum atomic E-state index is 13.7. The van der Waals surface area contributed by atoms with Crippen molar-refractivity contribution in [3.63, 3.8) is 0 Å². The smallest absolute Gasteiger partial charge is 0.261 e. The van der Waals surface area contributed by atoms with Gasteiger partial charge in [0.2, 0.25) is 0 Å². The van der Waals surface area contributed by atoms with Crippen molar-refractivity contribution < 1.29 is 18.6 Å². The van der Waals surface area contributed by atoms with Gasteiger partial charge in [0.1, 0.15) is 23.4 Å². The summed E-state index contributed by atoms with van der Waals surface area (Å²) in [7, 11) is -2.82. The summed E-state index contributed by atoms with van der Waals surface area (Å²) in [4.78, 5) is 30.8. The maximum Gasteiger partial charge on any atom is 0.261 e. The molecule has 0 saturated carbocycles. The lowest BCUT2D eigenvalue weighted by Crippen LogP contribution is -2.43. The van der Waals surface area contributed by atoms with Gasteiger partial charge in [0, 0.05) is 38.7 Å². The van der Waals surface area contributed by atoms with E-state index in [9.17, 15) is 13.9 Å². The van der Waals surface area contributed by atoms with Crippen molar-refractivity contribution in [3.8, 4) is 5.75 Å². The summed E-state index contributed by atoms with van der Waals surface area (Å²) >= 11 is 1.63. The van der Waals surface area contributed by atoms with Gasteiger partial charge in [-0.3, -0.25) is 18.2 Å².